The summed E-state index contributed by atoms with van der Waals surface area (Å²) in [6, 6.07) is 1.71. The number of carbonyl (C=O) groups is 4. The van der Waals surface area contributed by atoms with Gasteiger partial charge in [0, 0.05) is 27.7 Å². The smallest absolute Gasteiger partial charge is 0.307 e. The molecule has 10 nitrogen and oxygen atoms in total. The van der Waals surface area contributed by atoms with Gasteiger partial charge in [-0.1, -0.05) is 0 Å². The lowest BCUT2D eigenvalue weighted by Crippen LogP contribution is -2.59. The Morgan fingerprint density at radius 1 is 1.04 bits per heavy atom. The van der Waals surface area contributed by atoms with E-state index in [-0.39, 0.29) is 6.42 Å². The van der Waals surface area contributed by atoms with Crippen LogP contribution in [0.4, 0.5) is 0 Å². The summed E-state index contributed by atoms with van der Waals surface area (Å²) >= 11 is 0. The van der Waals surface area contributed by atoms with Crippen LogP contribution in [0.1, 0.15) is 34.1 Å². The lowest BCUT2D eigenvalue weighted by atomic mass is 9.95. The fourth-order valence-corrected chi connectivity index (χ4v) is 2.37. The predicted octanol–water partition coefficient (Wildman–Crippen LogP) is -0.0152. The Hall–Kier alpha value is -2.67. The fraction of sp³-hybridized carbons (Fsp3) is 0.667. The molecule has 1 heterocycles. The van der Waals surface area contributed by atoms with Gasteiger partial charge in [-0.25, -0.2) is 0 Å². The van der Waals surface area contributed by atoms with Gasteiger partial charge in [0.15, 0.2) is 6.10 Å². The molecule has 0 aliphatic carbocycles. The predicted molar refractivity (Wildman–Crippen MR) is 77.3 cm³/mol. The summed E-state index contributed by atoms with van der Waals surface area (Å²) in [4.78, 5) is 45.1. The van der Waals surface area contributed by atoms with Gasteiger partial charge in [0.05, 0.1) is 6.42 Å². The van der Waals surface area contributed by atoms with E-state index in [4.69, 9.17) is 23.7 Å². The highest BCUT2D eigenvalue weighted by molar-refractivity contribution is 5.68. The van der Waals surface area contributed by atoms with Gasteiger partial charge >= 0.3 is 29.7 Å². The topological polar surface area (TPSA) is 138 Å². The Bertz CT molecular complexity index is 596. The molecule has 0 aromatic rings. The van der Waals surface area contributed by atoms with Crippen molar-refractivity contribution in [2.45, 2.75) is 58.2 Å². The van der Waals surface area contributed by atoms with Crippen LogP contribution in [0.25, 0.3) is 0 Å². The lowest BCUT2D eigenvalue weighted by Gasteiger charge is -2.42. The van der Waals surface area contributed by atoms with Crippen molar-refractivity contribution in [1.29, 1.82) is 5.26 Å². The number of hydrogen-bond donors (Lipinski definition) is 0. The lowest BCUT2D eigenvalue weighted by molar-refractivity contribution is -0.290. The molecule has 25 heavy (non-hydrogen) atoms. The second kappa shape index (κ2) is 8.43. The quantitative estimate of drug-likeness (QED) is 0.487. The van der Waals surface area contributed by atoms with Crippen molar-refractivity contribution in [2.24, 2.45) is 0 Å². The van der Waals surface area contributed by atoms with E-state index in [2.05, 4.69) is 0 Å². The van der Waals surface area contributed by atoms with E-state index in [0.29, 0.717) is 0 Å². The minimum atomic E-state index is -2.08. The highest BCUT2D eigenvalue weighted by atomic mass is 16.7. The van der Waals surface area contributed by atoms with Gasteiger partial charge in [0.25, 0.3) is 0 Å². The molecule has 0 saturated carbocycles. The number of rotatable bonds is 5. The van der Waals surface area contributed by atoms with Crippen molar-refractivity contribution in [3.8, 4) is 6.07 Å². The average Bonchev–Trinajstić information content (AvgIpc) is 2.46. The van der Waals surface area contributed by atoms with Crippen LogP contribution in [0, 0.1) is 11.3 Å². The third kappa shape index (κ3) is 6.04. The van der Waals surface area contributed by atoms with Crippen LogP contribution in [0.2, 0.25) is 0 Å². The number of ether oxygens (including phenoxy) is 5. The second-order valence-corrected chi connectivity index (χ2v) is 5.34. The first-order valence-corrected chi connectivity index (χ1v) is 7.35. The third-order valence-corrected chi connectivity index (χ3v) is 3.09. The Balaban J connectivity index is 3.20. The molecule has 0 bridgehead atoms. The zero-order valence-electron chi connectivity index (χ0n) is 14.3. The molecular formula is C15H19NO9. The largest absolute Gasteiger partial charge is 0.463 e. The highest BCUT2D eigenvalue weighted by Gasteiger charge is 2.53. The number of hydrogen-bond acceptors (Lipinski definition) is 10. The van der Waals surface area contributed by atoms with Gasteiger partial charge in [-0.3, -0.25) is 19.2 Å². The van der Waals surface area contributed by atoms with Crippen molar-refractivity contribution >= 4 is 23.9 Å². The average molecular weight is 357 g/mol. The van der Waals surface area contributed by atoms with Crippen LogP contribution in [-0.2, 0) is 42.9 Å². The first-order valence-electron chi connectivity index (χ1n) is 7.35. The van der Waals surface area contributed by atoms with Crippen LogP contribution < -0.4 is 0 Å². The summed E-state index contributed by atoms with van der Waals surface area (Å²) in [6.45, 7) is 4.07. The standard InChI is InChI=1S/C15H19NO9/c1-8(17)21-6-13-14(23-10(3)19)12(22-9(2)18)5-15(7-16,25-13)24-11(4)20/h12-14H,5-6H2,1-4H3/t12-,13-,14+,15+/m1/s1. The van der Waals surface area contributed by atoms with Crippen molar-refractivity contribution in [1.82, 2.24) is 0 Å². The molecule has 0 radical (unpaired) electrons. The van der Waals surface area contributed by atoms with Crippen molar-refractivity contribution in [3.63, 3.8) is 0 Å². The second-order valence-electron chi connectivity index (χ2n) is 5.34. The molecule has 1 fully saturated rings. The van der Waals surface area contributed by atoms with Crippen LogP contribution in [0.15, 0.2) is 0 Å². The van der Waals surface area contributed by atoms with Crippen LogP contribution in [0.3, 0.4) is 0 Å². The van der Waals surface area contributed by atoms with Crippen molar-refractivity contribution in [3.05, 3.63) is 0 Å². The van der Waals surface area contributed by atoms with E-state index < -0.39 is 54.6 Å². The molecule has 4 atom stereocenters. The maximum atomic E-state index is 11.4. The molecule has 0 aromatic heterocycles. The van der Waals surface area contributed by atoms with Gasteiger partial charge in [-0.05, 0) is 0 Å². The summed E-state index contributed by atoms with van der Waals surface area (Å²) in [5, 5.41) is 9.40. The van der Waals surface area contributed by atoms with E-state index in [1.807, 2.05) is 0 Å². The molecule has 0 unspecified atom stereocenters. The normalized spacial score (nSPS) is 28.2. The minimum absolute atomic E-state index is 0.378. The number of carbonyl (C=O) groups excluding carboxylic acids is 4. The molecule has 0 spiro atoms. The third-order valence-electron chi connectivity index (χ3n) is 3.09. The highest BCUT2D eigenvalue weighted by Crippen LogP contribution is 2.34. The molecule has 1 aliphatic heterocycles. The van der Waals surface area contributed by atoms with Gasteiger partial charge in [-0.2, -0.15) is 5.26 Å². The molecule has 1 aliphatic rings. The van der Waals surface area contributed by atoms with Gasteiger partial charge in [0.1, 0.15) is 24.9 Å². The first kappa shape index (κ1) is 20.4. The molecular weight excluding hydrogens is 338 g/mol. The maximum Gasteiger partial charge on any atom is 0.307 e. The number of nitriles is 1. The molecule has 0 aromatic carbocycles. The molecule has 0 N–H and O–H groups in total. The summed E-state index contributed by atoms with van der Waals surface area (Å²) in [5.74, 6) is -4.93. The van der Waals surface area contributed by atoms with Crippen LogP contribution >= 0.6 is 0 Å². The van der Waals surface area contributed by atoms with E-state index >= 15 is 0 Å². The van der Waals surface area contributed by atoms with Crippen LogP contribution in [-0.4, -0.2) is 54.6 Å². The first-order chi connectivity index (χ1) is 11.6. The van der Waals surface area contributed by atoms with Gasteiger partial charge in [-0.15, -0.1) is 0 Å². The van der Waals surface area contributed by atoms with E-state index in [0.717, 1.165) is 27.7 Å². The van der Waals surface area contributed by atoms with Crippen LogP contribution in [0.5, 0.6) is 0 Å². The van der Waals surface area contributed by atoms with E-state index in [1.165, 1.54) is 0 Å². The summed E-state index contributed by atoms with van der Waals surface area (Å²) in [7, 11) is 0. The van der Waals surface area contributed by atoms with E-state index in [1.54, 1.807) is 6.07 Å². The summed E-state index contributed by atoms with van der Waals surface area (Å²) in [6.07, 6.45) is -3.87. The van der Waals surface area contributed by atoms with Crippen molar-refractivity contribution < 1.29 is 42.9 Å². The van der Waals surface area contributed by atoms with Crippen molar-refractivity contribution in [2.75, 3.05) is 6.61 Å². The van der Waals surface area contributed by atoms with Gasteiger partial charge in [0.2, 0.25) is 0 Å². The minimum Gasteiger partial charge on any atom is -0.463 e. The SMILES string of the molecule is CC(=O)OC[C@H]1O[C@@](C#N)(OC(C)=O)C[C@@H](OC(C)=O)[C@@H]1OC(C)=O. The molecule has 138 valence electrons. The Morgan fingerprint density at radius 3 is 2.08 bits per heavy atom. The summed E-state index contributed by atoms with van der Waals surface area (Å²) in [5.41, 5.74) is 0. The maximum absolute atomic E-state index is 11.4. The Kier molecular flexibility index (Phi) is 6.87. The molecule has 0 amide bonds. The Morgan fingerprint density at radius 2 is 1.64 bits per heavy atom. The zero-order chi connectivity index (χ0) is 19.2. The molecule has 1 rings (SSSR count). The van der Waals surface area contributed by atoms with E-state index in [9.17, 15) is 24.4 Å². The fourth-order valence-electron chi connectivity index (χ4n) is 2.37. The monoisotopic (exact) mass is 357 g/mol. The summed E-state index contributed by atoms with van der Waals surface area (Å²) < 4.78 is 25.5. The Labute approximate surface area is 143 Å². The molecule has 1 saturated heterocycles. The number of nitrogens with zero attached hydrogens (tertiary/aromatic N) is 1. The van der Waals surface area contributed by atoms with Gasteiger partial charge < -0.3 is 23.7 Å². The molecule has 10 heteroatoms. The number of esters is 4. The zero-order valence-corrected chi connectivity index (χ0v) is 14.3.